The number of hydrogen-bond donors (Lipinski definition) is 0. The van der Waals surface area contributed by atoms with Crippen molar-refractivity contribution >= 4 is 28.7 Å². The molecular weight excluding hydrogens is 290 g/mol. The topological polar surface area (TPSA) is 29.5 Å². The van der Waals surface area contributed by atoms with Gasteiger partial charge in [-0.3, -0.25) is 0 Å². The van der Waals surface area contributed by atoms with E-state index in [2.05, 4.69) is 24.3 Å². The third kappa shape index (κ3) is 2.06. The van der Waals surface area contributed by atoms with Gasteiger partial charge in [0.1, 0.15) is 10.4 Å². The van der Waals surface area contributed by atoms with Crippen molar-refractivity contribution < 1.29 is 9.53 Å². The summed E-state index contributed by atoms with van der Waals surface area (Å²) in [6.45, 7) is 1.53. The molecule has 0 N–H and O–H groups in total. The molecule has 0 aliphatic heterocycles. The maximum absolute atomic E-state index is 10.7. The lowest BCUT2D eigenvalue weighted by Crippen LogP contribution is -2.33. The minimum absolute atomic E-state index is 0.0705. The predicted molar refractivity (Wildman–Crippen MR) is 81.9 cm³/mol. The normalized spacial score (nSPS) is 14.9. The maximum Gasteiger partial charge on any atom is 0.419 e. The summed E-state index contributed by atoms with van der Waals surface area (Å²) >= 11 is 6.13. The van der Waals surface area contributed by atoms with Gasteiger partial charge in [0, 0.05) is 0 Å². The van der Waals surface area contributed by atoms with Gasteiger partial charge >= 0.3 is 6.47 Å². The molecule has 1 radical (unpaired) electrons. The van der Waals surface area contributed by atoms with Crippen LogP contribution in [0.5, 0.6) is 0 Å². The van der Waals surface area contributed by atoms with E-state index >= 15 is 0 Å². The van der Waals surface area contributed by atoms with Gasteiger partial charge in [-0.05, 0) is 34.0 Å². The lowest BCUT2D eigenvalue weighted by Gasteiger charge is -2.27. The molecule has 3 rings (SSSR count). The van der Waals surface area contributed by atoms with Crippen molar-refractivity contribution in [3.63, 3.8) is 0 Å². The number of hydrogen-bond acceptors (Lipinski definition) is 3. The molecule has 2 aromatic carbocycles. The second kappa shape index (κ2) is 5.40. The van der Waals surface area contributed by atoms with Crippen molar-refractivity contribution in [2.24, 2.45) is 0 Å². The van der Waals surface area contributed by atoms with Gasteiger partial charge in [-0.2, -0.15) is 0 Å². The van der Waals surface area contributed by atoms with E-state index in [1.165, 1.54) is 21.7 Å². The molecule has 1 unspecified atom stereocenters. The molecule has 0 spiro atoms. The average molecular weight is 303 g/mol. The number of halogens is 1. The van der Waals surface area contributed by atoms with Crippen LogP contribution in [-0.4, -0.2) is 27.2 Å². The summed E-state index contributed by atoms with van der Waals surface area (Å²) in [6.07, 6.45) is -0.523. The Kier molecular flexibility index (Phi) is 3.61. The zero-order chi connectivity index (χ0) is 14.1. The molecule has 1 aliphatic carbocycles. The molecular formula is C15H13ClNO2Si. The maximum atomic E-state index is 10.7. The Bertz CT molecular complexity index is 602. The molecule has 0 fully saturated rings. The second-order valence-electron chi connectivity index (χ2n) is 4.77. The smallest absolute Gasteiger partial charge is 0.419 e. The first-order valence-electron chi connectivity index (χ1n) is 6.33. The van der Waals surface area contributed by atoms with Crippen LogP contribution in [0.2, 0.25) is 0 Å². The summed E-state index contributed by atoms with van der Waals surface area (Å²) in [5.41, 5.74) is 4.62. The highest BCUT2D eigenvalue weighted by Crippen LogP contribution is 2.47. The van der Waals surface area contributed by atoms with Crippen molar-refractivity contribution in [3.05, 3.63) is 59.7 Å². The molecule has 1 atom stereocenters. The molecule has 2 aromatic rings. The van der Waals surface area contributed by atoms with Crippen molar-refractivity contribution in [2.45, 2.75) is 12.1 Å². The quantitative estimate of drug-likeness (QED) is 0.491. The largest absolute Gasteiger partial charge is 0.436 e. The van der Waals surface area contributed by atoms with Gasteiger partial charge in [-0.1, -0.05) is 48.5 Å². The van der Waals surface area contributed by atoms with E-state index in [4.69, 9.17) is 16.5 Å². The number of fused-ring (bicyclic) bond motifs is 3. The highest BCUT2D eigenvalue weighted by atomic mass is 35.5. The molecule has 0 bridgehead atoms. The fourth-order valence-electron chi connectivity index (χ4n) is 2.90. The van der Waals surface area contributed by atoms with Gasteiger partial charge in [0.15, 0.2) is 6.23 Å². The molecule has 0 saturated heterocycles. The molecule has 0 aromatic heterocycles. The first-order valence-corrected chi connectivity index (χ1v) is 7.57. The molecule has 0 saturated carbocycles. The fourth-order valence-corrected chi connectivity index (χ4v) is 3.45. The SMILES string of the molecule is O=[C]OC(C1c2ccccc2-c2ccccc21)N([SiH3])Cl. The van der Waals surface area contributed by atoms with Crippen molar-refractivity contribution in [3.8, 4) is 11.1 Å². The van der Waals surface area contributed by atoms with E-state index in [1.54, 1.807) is 0 Å². The van der Waals surface area contributed by atoms with E-state index in [-0.39, 0.29) is 5.92 Å². The van der Waals surface area contributed by atoms with E-state index in [1.807, 2.05) is 24.3 Å². The Morgan fingerprint density at radius 2 is 1.60 bits per heavy atom. The first kappa shape index (κ1) is 13.4. The van der Waals surface area contributed by atoms with E-state index in [0.29, 0.717) is 10.4 Å². The van der Waals surface area contributed by atoms with Gasteiger partial charge in [-0.25, -0.2) is 8.88 Å². The molecule has 101 valence electrons. The molecule has 3 nitrogen and oxygen atoms in total. The highest BCUT2D eigenvalue weighted by molar-refractivity contribution is 6.30. The summed E-state index contributed by atoms with van der Waals surface area (Å²) in [5, 5.41) is 0. The Hall–Kier alpha value is -1.62. The number of nitrogens with zero attached hydrogens (tertiary/aromatic N) is 1. The Balaban J connectivity index is 2.17. The first-order chi connectivity index (χ1) is 9.74. The van der Waals surface area contributed by atoms with Gasteiger partial charge in [-0.15, -0.1) is 0 Å². The monoisotopic (exact) mass is 302 g/mol. The van der Waals surface area contributed by atoms with Gasteiger partial charge in [0.05, 0.1) is 5.92 Å². The third-order valence-electron chi connectivity index (χ3n) is 3.69. The lowest BCUT2D eigenvalue weighted by molar-refractivity contribution is 0.103. The number of rotatable bonds is 4. The zero-order valence-electron chi connectivity index (χ0n) is 10.9. The van der Waals surface area contributed by atoms with Crippen LogP contribution in [0.25, 0.3) is 11.1 Å². The Labute approximate surface area is 125 Å². The second-order valence-corrected chi connectivity index (χ2v) is 6.83. The standard InChI is InChI=1S/C15H13ClNO2Si/c16-17(20)15(19-9-18)14-12-7-3-1-5-10(12)11-6-2-4-8-13(11)14/h1-8,14-15H,20H3. The van der Waals surface area contributed by atoms with Crippen LogP contribution in [0.4, 0.5) is 0 Å². The van der Waals surface area contributed by atoms with Crippen LogP contribution >= 0.6 is 11.8 Å². The van der Waals surface area contributed by atoms with Crippen LogP contribution in [0.3, 0.4) is 0 Å². The molecule has 5 heteroatoms. The number of benzene rings is 2. The highest BCUT2D eigenvalue weighted by Gasteiger charge is 2.37. The summed E-state index contributed by atoms with van der Waals surface area (Å²) in [7, 11) is 0.580. The van der Waals surface area contributed by atoms with Crippen LogP contribution in [0, 0.1) is 0 Å². The fraction of sp³-hybridized carbons (Fsp3) is 0.133. The van der Waals surface area contributed by atoms with E-state index in [0.717, 1.165) is 11.1 Å². The third-order valence-corrected chi connectivity index (χ3v) is 4.39. The van der Waals surface area contributed by atoms with E-state index in [9.17, 15) is 4.79 Å². The van der Waals surface area contributed by atoms with E-state index < -0.39 is 6.23 Å². The van der Waals surface area contributed by atoms with Crippen molar-refractivity contribution in [1.29, 1.82) is 0 Å². The minimum Gasteiger partial charge on any atom is -0.436 e. The van der Waals surface area contributed by atoms with Crippen LogP contribution < -0.4 is 0 Å². The lowest BCUT2D eigenvalue weighted by atomic mass is 9.95. The summed E-state index contributed by atoms with van der Waals surface area (Å²) in [4.78, 5) is 10.7. The minimum atomic E-state index is -0.523. The molecule has 1 aliphatic rings. The van der Waals surface area contributed by atoms with Crippen LogP contribution in [-0.2, 0) is 9.53 Å². The number of ether oxygens (including phenoxy) is 1. The Morgan fingerprint density at radius 1 is 1.10 bits per heavy atom. The molecule has 20 heavy (non-hydrogen) atoms. The molecule has 0 heterocycles. The van der Waals surface area contributed by atoms with Crippen LogP contribution in [0.15, 0.2) is 48.5 Å². The number of carbonyl (C=O) groups excluding carboxylic acids is 1. The summed E-state index contributed by atoms with van der Waals surface area (Å²) in [6, 6.07) is 16.3. The predicted octanol–water partition coefficient (Wildman–Crippen LogP) is 1.95. The molecule has 0 amide bonds. The van der Waals surface area contributed by atoms with Crippen molar-refractivity contribution in [2.75, 3.05) is 0 Å². The summed E-state index contributed by atoms with van der Waals surface area (Å²) < 4.78 is 6.65. The Morgan fingerprint density at radius 3 is 2.05 bits per heavy atom. The van der Waals surface area contributed by atoms with Gasteiger partial charge in [0.25, 0.3) is 0 Å². The van der Waals surface area contributed by atoms with Gasteiger partial charge in [0.2, 0.25) is 0 Å². The van der Waals surface area contributed by atoms with Gasteiger partial charge < -0.3 is 4.74 Å². The van der Waals surface area contributed by atoms with Crippen LogP contribution in [0.1, 0.15) is 17.0 Å². The zero-order valence-corrected chi connectivity index (χ0v) is 13.7. The van der Waals surface area contributed by atoms with Crippen molar-refractivity contribution in [1.82, 2.24) is 4.08 Å². The average Bonchev–Trinajstić information content (AvgIpc) is 2.79. The summed E-state index contributed by atoms with van der Waals surface area (Å²) in [5.74, 6) is -0.0705.